The molecular formula is C29H28N4O4. The van der Waals surface area contributed by atoms with Crippen molar-refractivity contribution in [2.75, 3.05) is 30.6 Å². The highest BCUT2D eigenvalue weighted by Crippen LogP contribution is 2.32. The molecule has 0 spiro atoms. The first-order valence-corrected chi connectivity index (χ1v) is 11.6. The monoisotopic (exact) mass is 496 g/mol. The molecule has 0 heterocycles. The molecule has 0 aliphatic heterocycles. The Labute approximate surface area is 215 Å². The largest absolute Gasteiger partial charge is 0.493 e. The van der Waals surface area contributed by atoms with E-state index in [-0.39, 0.29) is 11.9 Å². The predicted octanol–water partition coefficient (Wildman–Crippen LogP) is 5.45. The Kier molecular flexibility index (Phi) is 7.90. The SMILES string of the molecule is COc1ccc(C(NC(=O)Nc2ccccc2)c2ccc(C(=O)Nc3ccccc3N)cc2)cc1OC. The van der Waals surface area contributed by atoms with Crippen LogP contribution in [0.3, 0.4) is 0 Å². The zero-order valence-electron chi connectivity index (χ0n) is 20.5. The first-order chi connectivity index (χ1) is 18.0. The van der Waals surface area contributed by atoms with Crippen LogP contribution in [0.15, 0.2) is 97.1 Å². The van der Waals surface area contributed by atoms with Crippen molar-refractivity contribution in [2.24, 2.45) is 0 Å². The van der Waals surface area contributed by atoms with Gasteiger partial charge in [-0.1, -0.05) is 48.5 Å². The van der Waals surface area contributed by atoms with Crippen LogP contribution in [0.4, 0.5) is 21.9 Å². The van der Waals surface area contributed by atoms with Gasteiger partial charge in [-0.05, 0) is 59.7 Å². The van der Waals surface area contributed by atoms with Crippen molar-refractivity contribution < 1.29 is 19.1 Å². The fourth-order valence-corrected chi connectivity index (χ4v) is 3.84. The average Bonchev–Trinajstić information content (AvgIpc) is 2.93. The molecule has 4 aromatic carbocycles. The molecule has 1 atom stereocenters. The van der Waals surface area contributed by atoms with E-state index in [2.05, 4.69) is 16.0 Å². The van der Waals surface area contributed by atoms with Crippen LogP contribution in [0, 0.1) is 0 Å². The van der Waals surface area contributed by atoms with Crippen molar-refractivity contribution >= 4 is 29.0 Å². The van der Waals surface area contributed by atoms with Crippen LogP contribution in [-0.4, -0.2) is 26.2 Å². The van der Waals surface area contributed by atoms with Crippen molar-refractivity contribution in [2.45, 2.75) is 6.04 Å². The number of urea groups is 1. The van der Waals surface area contributed by atoms with E-state index in [4.69, 9.17) is 15.2 Å². The Morgan fingerprint density at radius 3 is 2.05 bits per heavy atom. The maximum Gasteiger partial charge on any atom is 0.319 e. The Bertz CT molecular complexity index is 1370. The second-order valence-corrected chi connectivity index (χ2v) is 8.18. The molecule has 3 amide bonds. The van der Waals surface area contributed by atoms with Crippen LogP contribution in [0.5, 0.6) is 11.5 Å². The maximum absolute atomic E-state index is 12.9. The third-order valence-electron chi connectivity index (χ3n) is 5.76. The summed E-state index contributed by atoms with van der Waals surface area (Å²) in [6.45, 7) is 0. The first-order valence-electron chi connectivity index (χ1n) is 11.6. The number of ether oxygens (including phenoxy) is 2. The number of methoxy groups -OCH3 is 2. The number of anilines is 3. The summed E-state index contributed by atoms with van der Waals surface area (Å²) in [6, 6.07) is 27.8. The molecule has 5 N–H and O–H groups in total. The van der Waals surface area contributed by atoms with Crippen LogP contribution in [0.2, 0.25) is 0 Å². The Morgan fingerprint density at radius 2 is 1.38 bits per heavy atom. The molecule has 0 radical (unpaired) electrons. The molecule has 0 aliphatic carbocycles. The van der Waals surface area contributed by atoms with Crippen molar-refractivity contribution in [3.8, 4) is 11.5 Å². The fourth-order valence-electron chi connectivity index (χ4n) is 3.84. The topological polar surface area (TPSA) is 115 Å². The van der Waals surface area contributed by atoms with Crippen molar-refractivity contribution in [1.29, 1.82) is 0 Å². The number of rotatable bonds is 8. The quantitative estimate of drug-likeness (QED) is 0.242. The summed E-state index contributed by atoms with van der Waals surface area (Å²) in [4.78, 5) is 25.7. The second-order valence-electron chi connectivity index (χ2n) is 8.18. The summed E-state index contributed by atoms with van der Waals surface area (Å²) in [5.74, 6) is 0.819. The van der Waals surface area contributed by atoms with Gasteiger partial charge in [0.15, 0.2) is 11.5 Å². The van der Waals surface area contributed by atoms with E-state index in [0.29, 0.717) is 34.1 Å². The number of benzene rings is 4. The number of nitrogen functional groups attached to an aromatic ring is 1. The summed E-state index contributed by atoms with van der Waals surface area (Å²) in [6.07, 6.45) is 0. The molecule has 0 bridgehead atoms. The highest BCUT2D eigenvalue weighted by Gasteiger charge is 2.20. The number of nitrogens with two attached hydrogens (primary N) is 1. The van der Waals surface area contributed by atoms with Crippen LogP contribution < -0.4 is 31.2 Å². The lowest BCUT2D eigenvalue weighted by molar-refractivity contribution is 0.102. The number of para-hydroxylation sites is 3. The van der Waals surface area contributed by atoms with E-state index >= 15 is 0 Å². The lowest BCUT2D eigenvalue weighted by Gasteiger charge is -2.22. The number of hydrogen-bond donors (Lipinski definition) is 4. The molecule has 0 saturated carbocycles. The zero-order chi connectivity index (χ0) is 26.2. The molecule has 0 aliphatic rings. The van der Waals surface area contributed by atoms with Gasteiger partial charge in [-0.2, -0.15) is 0 Å². The highest BCUT2D eigenvalue weighted by atomic mass is 16.5. The Hall–Kier alpha value is -4.98. The van der Waals surface area contributed by atoms with Crippen LogP contribution in [-0.2, 0) is 0 Å². The molecule has 188 valence electrons. The van der Waals surface area contributed by atoms with Crippen LogP contribution >= 0.6 is 0 Å². The van der Waals surface area contributed by atoms with E-state index in [1.165, 1.54) is 0 Å². The zero-order valence-corrected chi connectivity index (χ0v) is 20.5. The highest BCUT2D eigenvalue weighted by molar-refractivity contribution is 6.05. The summed E-state index contributed by atoms with van der Waals surface area (Å²) >= 11 is 0. The molecule has 0 fully saturated rings. The second kappa shape index (κ2) is 11.6. The molecule has 4 aromatic rings. The Morgan fingerprint density at radius 1 is 0.730 bits per heavy atom. The summed E-state index contributed by atoms with van der Waals surface area (Å²) < 4.78 is 10.8. The van der Waals surface area contributed by atoms with Crippen LogP contribution in [0.1, 0.15) is 27.5 Å². The van der Waals surface area contributed by atoms with E-state index in [1.807, 2.05) is 30.3 Å². The molecule has 37 heavy (non-hydrogen) atoms. The lowest BCUT2D eigenvalue weighted by Crippen LogP contribution is -2.33. The van der Waals surface area contributed by atoms with Crippen molar-refractivity contribution in [3.05, 3.63) is 114 Å². The normalized spacial score (nSPS) is 11.2. The van der Waals surface area contributed by atoms with E-state index < -0.39 is 6.04 Å². The van der Waals surface area contributed by atoms with Gasteiger partial charge < -0.3 is 31.2 Å². The smallest absolute Gasteiger partial charge is 0.319 e. The summed E-state index contributed by atoms with van der Waals surface area (Å²) in [7, 11) is 3.12. The van der Waals surface area contributed by atoms with Gasteiger partial charge >= 0.3 is 6.03 Å². The minimum Gasteiger partial charge on any atom is -0.493 e. The van der Waals surface area contributed by atoms with Crippen LogP contribution in [0.25, 0.3) is 0 Å². The molecule has 8 nitrogen and oxygen atoms in total. The van der Waals surface area contributed by atoms with Gasteiger partial charge in [-0.3, -0.25) is 4.79 Å². The minimum absolute atomic E-state index is 0.290. The average molecular weight is 497 g/mol. The van der Waals surface area contributed by atoms with Crippen molar-refractivity contribution in [3.63, 3.8) is 0 Å². The van der Waals surface area contributed by atoms with Gasteiger partial charge in [0.1, 0.15) is 0 Å². The molecule has 1 unspecified atom stereocenters. The summed E-state index contributed by atoms with van der Waals surface area (Å²) in [5.41, 5.74) is 9.62. The number of nitrogens with one attached hydrogen (secondary N) is 3. The van der Waals surface area contributed by atoms with Gasteiger partial charge in [0, 0.05) is 11.3 Å². The third-order valence-corrected chi connectivity index (χ3v) is 5.76. The molecular weight excluding hydrogens is 468 g/mol. The van der Waals surface area contributed by atoms with Gasteiger partial charge in [-0.15, -0.1) is 0 Å². The van der Waals surface area contributed by atoms with E-state index in [1.54, 1.807) is 80.9 Å². The fraction of sp³-hybridized carbons (Fsp3) is 0.103. The van der Waals surface area contributed by atoms with E-state index in [0.717, 1.165) is 11.1 Å². The van der Waals surface area contributed by atoms with Gasteiger partial charge in [0.05, 0.1) is 31.6 Å². The van der Waals surface area contributed by atoms with Gasteiger partial charge in [0.2, 0.25) is 0 Å². The predicted molar refractivity (Wildman–Crippen MR) is 145 cm³/mol. The van der Waals surface area contributed by atoms with Gasteiger partial charge in [0.25, 0.3) is 5.91 Å². The molecule has 0 saturated heterocycles. The minimum atomic E-state index is -0.537. The third kappa shape index (κ3) is 6.18. The number of hydrogen-bond acceptors (Lipinski definition) is 5. The van der Waals surface area contributed by atoms with Crippen molar-refractivity contribution in [1.82, 2.24) is 5.32 Å². The Balaban J connectivity index is 1.60. The molecule has 4 rings (SSSR count). The number of amides is 3. The summed E-state index contributed by atoms with van der Waals surface area (Å²) in [5, 5.41) is 8.68. The lowest BCUT2D eigenvalue weighted by atomic mass is 9.97. The number of carbonyl (C=O) groups is 2. The number of carbonyl (C=O) groups excluding carboxylic acids is 2. The van der Waals surface area contributed by atoms with Gasteiger partial charge in [-0.25, -0.2) is 4.79 Å². The standard InChI is InChI=1S/C29H28N4O4/c1-36-25-17-16-21(18-26(25)37-2)27(33-29(35)31-22-8-4-3-5-9-22)19-12-14-20(15-13-19)28(34)32-24-11-7-6-10-23(24)30/h3-18,27H,30H2,1-2H3,(H,32,34)(H2,31,33,35). The first kappa shape index (κ1) is 25.1. The maximum atomic E-state index is 12.9. The molecule has 8 heteroatoms. The molecule has 0 aromatic heterocycles. The van der Waals surface area contributed by atoms with E-state index in [9.17, 15) is 9.59 Å².